The number of Topliss-reactive ketones (excluding diaryl/α,β-unsaturated/α-hetero) is 1. The van der Waals surface area contributed by atoms with Crippen molar-refractivity contribution < 1.29 is 43.5 Å². The predicted molar refractivity (Wildman–Crippen MR) is 143 cm³/mol. The minimum Gasteiger partial charge on any atom is -0.459 e. The van der Waals surface area contributed by atoms with Crippen LogP contribution in [0, 0.1) is 5.92 Å². The van der Waals surface area contributed by atoms with Crippen molar-refractivity contribution in [1.82, 2.24) is 5.32 Å². The monoisotopic (exact) mass is 549 g/mol. The number of aliphatic hydroxyl groups excluding tert-OH is 2. The summed E-state index contributed by atoms with van der Waals surface area (Å²) in [5.74, 6) is -0.740. The molecule has 1 spiro atoms. The molecule has 3 saturated heterocycles. The number of ketones is 1. The zero-order chi connectivity index (χ0) is 28.7. The van der Waals surface area contributed by atoms with Crippen LogP contribution in [-0.2, 0) is 33.3 Å². The summed E-state index contributed by atoms with van der Waals surface area (Å²) in [5.41, 5.74) is 0.311. The van der Waals surface area contributed by atoms with Gasteiger partial charge in [-0.2, -0.15) is 0 Å². The summed E-state index contributed by atoms with van der Waals surface area (Å²) >= 11 is 0. The smallest absolute Gasteiger partial charge is 0.303 e. The fourth-order valence-corrected chi connectivity index (χ4v) is 5.21. The molecule has 0 aromatic heterocycles. The van der Waals surface area contributed by atoms with Crippen LogP contribution < -0.4 is 5.32 Å². The quantitative estimate of drug-likeness (QED) is 0.152. The summed E-state index contributed by atoms with van der Waals surface area (Å²) in [6.07, 6.45) is 8.17. The van der Waals surface area contributed by atoms with Gasteiger partial charge in [0.25, 0.3) is 0 Å². The van der Waals surface area contributed by atoms with Crippen molar-refractivity contribution in [3.63, 3.8) is 0 Å². The zero-order valence-electron chi connectivity index (χ0n) is 23.5. The van der Waals surface area contributed by atoms with Crippen LogP contribution >= 0.6 is 0 Å². The number of carbonyl (C=O) groups excluding carboxylic acids is 3. The highest BCUT2D eigenvalue weighted by Crippen LogP contribution is 2.43. The maximum absolute atomic E-state index is 12.3. The van der Waals surface area contributed by atoms with Gasteiger partial charge in [0.2, 0.25) is 5.91 Å². The van der Waals surface area contributed by atoms with E-state index in [1.165, 1.54) is 13.0 Å². The highest BCUT2D eigenvalue weighted by molar-refractivity contribution is 5.87. The Labute approximate surface area is 230 Å². The van der Waals surface area contributed by atoms with E-state index in [9.17, 15) is 19.5 Å². The van der Waals surface area contributed by atoms with E-state index >= 15 is 0 Å². The minimum absolute atomic E-state index is 0.00967. The molecule has 3 aliphatic rings. The lowest BCUT2D eigenvalue weighted by Gasteiger charge is -2.39. The minimum atomic E-state index is -0.823. The lowest BCUT2D eigenvalue weighted by atomic mass is 9.87. The van der Waals surface area contributed by atoms with Gasteiger partial charge in [-0.15, -0.1) is 0 Å². The van der Waals surface area contributed by atoms with Gasteiger partial charge in [0, 0.05) is 25.8 Å². The predicted octanol–water partition coefficient (Wildman–Crippen LogP) is 1.92. The number of hydrogen-bond donors (Lipinski definition) is 3. The molecule has 1 unspecified atom stereocenters. The van der Waals surface area contributed by atoms with Gasteiger partial charge in [0.1, 0.15) is 30.5 Å². The molecule has 3 heterocycles. The topological polar surface area (TPSA) is 144 Å². The average Bonchev–Trinajstić information content (AvgIpc) is 3.64. The first-order chi connectivity index (χ1) is 18.4. The van der Waals surface area contributed by atoms with Gasteiger partial charge in [0.05, 0.1) is 31.0 Å². The largest absolute Gasteiger partial charge is 0.459 e. The van der Waals surface area contributed by atoms with E-state index in [-0.39, 0.29) is 42.3 Å². The molecule has 0 saturated carbocycles. The molecule has 10 nitrogen and oxygen atoms in total. The van der Waals surface area contributed by atoms with Gasteiger partial charge >= 0.3 is 5.97 Å². The fourth-order valence-electron chi connectivity index (χ4n) is 5.21. The molecule has 0 aliphatic carbocycles. The zero-order valence-corrected chi connectivity index (χ0v) is 23.5. The third kappa shape index (κ3) is 9.08. The number of rotatable bonds is 11. The van der Waals surface area contributed by atoms with Crippen molar-refractivity contribution in [2.24, 2.45) is 5.92 Å². The third-order valence-electron chi connectivity index (χ3n) is 7.56. The number of allylic oxidation sites excluding steroid dienone is 2. The molecular weight excluding hydrogens is 506 g/mol. The first-order valence-electron chi connectivity index (χ1n) is 13.7. The van der Waals surface area contributed by atoms with Crippen molar-refractivity contribution in [3.8, 4) is 0 Å². The number of amides is 1. The molecular formula is C29H43NO9. The second-order valence-corrected chi connectivity index (χ2v) is 11.1. The van der Waals surface area contributed by atoms with Crippen molar-refractivity contribution in [3.05, 3.63) is 36.0 Å². The number of epoxide rings is 1. The van der Waals surface area contributed by atoms with Gasteiger partial charge in [-0.25, -0.2) is 0 Å². The molecule has 3 rings (SSSR count). The van der Waals surface area contributed by atoms with E-state index in [1.54, 1.807) is 19.1 Å². The van der Waals surface area contributed by atoms with Crippen LogP contribution in [-0.4, -0.2) is 89.4 Å². The Morgan fingerprint density at radius 2 is 1.90 bits per heavy atom. The summed E-state index contributed by atoms with van der Waals surface area (Å²) in [5, 5.41) is 22.8. The van der Waals surface area contributed by atoms with Gasteiger partial charge in [0.15, 0.2) is 5.78 Å². The van der Waals surface area contributed by atoms with E-state index in [2.05, 4.69) is 18.3 Å². The van der Waals surface area contributed by atoms with Crippen molar-refractivity contribution in [1.29, 1.82) is 0 Å². The van der Waals surface area contributed by atoms with E-state index in [4.69, 9.17) is 24.1 Å². The lowest BCUT2D eigenvalue weighted by molar-refractivity contribution is -0.145. The molecule has 3 N–H and O–H groups in total. The van der Waals surface area contributed by atoms with Crippen LogP contribution in [0.2, 0.25) is 0 Å². The highest BCUT2D eigenvalue weighted by atomic mass is 16.6. The van der Waals surface area contributed by atoms with Crippen LogP contribution in [0.3, 0.4) is 0 Å². The molecule has 0 aromatic rings. The normalized spacial score (nSPS) is 35.8. The molecule has 10 heteroatoms. The van der Waals surface area contributed by atoms with Crippen LogP contribution in [0.15, 0.2) is 36.0 Å². The number of ether oxygens (including phenoxy) is 4. The second-order valence-electron chi connectivity index (χ2n) is 11.1. The van der Waals surface area contributed by atoms with Crippen molar-refractivity contribution in [2.45, 2.75) is 109 Å². The molecule has 218 valence electrons. The standard InChI is InChI=1S/C29H43NO9/c1-17(7-10-26-28(35)29(16-36-29)14-23(39-26)13-22(33)15-31)6-9-25-18(2)12-24(20(4)38-25)30-27(34)11-8-19(3)37-21(5)32/h6-8,10-11,18-20,23-26,28,31,35H,9,12-16H2,1-5H3,(H,30,34)/b10-7+,11-8-,17-6+/t18-,19-,20+,23+,24+,25-,26?,28+,29+/m0/s1. The van der Waals surface area contributed by atoms with Gasteiger partial charge in [-0.05, 0) is 45.6 Å². The molecule has 1 amide bonds. The Bertz CT molecular complexity index is 970. The number of hydrogen-bond acceptors (Lipinski definition) is 9. The Kier molecular flexibility index (Phi) is 11.0. The van der Waals surface area contributed by atoms with Gasteiger partial charge in [-0.1, -0.05) is 30.7 Å². The summed E-state index contributed by atoms with van der Waals surface area (Å²) < 4.78 is 22.7. The molecule has 0 bridgehead atoms. The Morgan fingerprint density at radius 1 is 1.18 bits per heavy atom. The molecule has 3 aliphatic heterocycles. The van der Waals surface area contributed by atoms with Crippen molar-refractivity contribution >= 4 is 17.7 Å². The maximum Gasteiger partial charge on any atom is 0.303 e. The molecule has 9 atom stereocenters. The Morgan fingerprint density at radius 3 is 2.54 bits per heavy atom. The van der Waals surface area contributed by atoms with Crippen LogP contribution in [0.1, 0.15) is 60.3 Å². The molecule has 0 aromatic carbocycles. The number of esters is 1. The first kappa shape index (κ1) is 31.2. The van der Waals surface area contributed by atoms with E-state index in [0.29, 0.717) is 19.4 Å². The van der Waals surface area contributed by atoms with Gasteiger partial charge < -0.3 is 34.5 Å². The first-order valence-corrected chi connectivity index (χ1v) is 13.7. The molecule has 3 fully saturated rings. The van der Waals surface area contributed by atoms with E-state index < -0.39 is 42.6 Å². The lowest BCUT2D eigenvalue weighted by Crippen LogP contribution is -2.50. The summed E-state index contributed by atoms with van der Waals surface area (Å²) in [7, 11) is 0. The second kappa shape index (κ2) is 13.8. The van der Waals surface area contributed by atoms with Crippen LogP contribution in [0.4, 0.5) is 0 Å². The summed E-state index contributed by atoms with van der Waals surface area (Å²) in [6.45, 7) is 8.93. The van der Waals surface area contributed by atoms with E-state index in [0.717, 1.165) is 12.0 Å². The Balaban J connectivity index is 1.50. The SMILES string of the molecule is CC(=O)O[C@@H](C)/C=C\C(=O)N[C@@H]1C[C@H](C)[C@H](C/C=C(C)/C=C/C2O[C@H](CC(=O)CO)C[C@@]3(CO3)[C@@H]2O)O[C@@H]1C. The van der Waals surface area contributed by atoms with Crippen LogP contribution in [0.25, 0.3) is 0 Å². The number of aliphatic hydroxyl groups is 2. The highest BCUT2D eigenvalue weighted by Gasteiger charge is 2.58. The summed E-state index contributed by atoms with van der Waals surface area (Å²) in [6, 6.07) is -0.130. The Hall–Kier alpha value is -2.37. The fraction of sp³-hybridized carbons (Fsp3) is 0.690. The maximum atomic E-state index is 12.3. The average molecular weight is 550 g/mol. The number of carbonyl (C=O) groups is 3. The molecule has 0 radical (unpaired) electrons. The third-order valence-corrected chi connectivity index (χ3v) is 7.56. The number of nitrogens with one attached hydrogen (secondary N) is 1. The van der Waals surface area contributed by atoms with Crippen LogP contribution in [0.5, 0.6) is 0 Å². The van der Waals surface area contributed by atoms with Crippen molar-refractivity contribution in [2.75, 3.05) is 13.2 Å². The van der Waals surface area contributed by atoms with E-state index in [1.807, 2.05) is 19.9 Å². The molecule has 39 heavy (non-hydrogen) atoms. The van der Waals surface area contributed by atoms with Gasteiger partial charge in [-0.3, -0.25) is 14.4 Å². The summed E-state index contributed by atoms with van der Waals surface area (Å²) in [4.78, 5) is 35.0.